The maximum absolute atomic E-state index is 10.1. The Morgan fingerprint density at radius 3 is 2.75 bits per heavy atom. The average molecular weight is 169 g/mol. The van der Waals surface area contributed by atoms with Crippen molar-refractivity contribution in [1.29, 1.82) is 0 Å². The van der Waals surface area contributed by atoms with E-state index >= 15 is 0 Å². The highest BCUT2D eigenvalue weighted by Crippen LogP contribution is 2.29. The Labute approximate surface area is 72.5 Å². The maximum atomic E-state index is 10.1. The van der Waals surface area contributed by atoms with Gasteiger partial charge >= 0.3 is 5.97 Å². The predicted molar refractivity (Wildman–Crippen MR) is 46.7 cm³/mol. The Hall–Kier alpha value is -0.990. The summed E-state index contributed by atoms with van der Waals surface area (Å²) in [6.07, 6.45) is 6.52. The van der Waals surface area contributed by atoms with Crippen molar-refractivity contribution in [3.63, 3.8) is 0 Å². The van der Waals surface area contributed by atoms with Crippen molar-refractivity contribution in [2.75, 3.05) is 0 Å². The predicted octanol–water partition coefficient (Wildman–Crippen LogP) is 1.36. The topological polar surface area (TPSA) is 49.3 Å². The highest BCUT2D eigenvalue weighted by molar-refractivity contribution is 5.79. The van der Waals surface area contributed by atoms with E-state index in [9.17, 15) is 4.79 Å². The zero-order valence-electron chi connectivity index (χ0n) is 7.29. The largest absolute Gasteiger partial charge is 0.478 e. The molecule has 0 aromatic carbocycles. The summed E-state index contributed by atoms with van der Waals surface area (Å²) >= 11 is 0. The van der Waals surface area contributed by atoms with Gasteiger partial charge in [-0.1, -0.05) is 6.42 Å². The summed E-state index contributed by atoms with van der Waals surface area (Å²) in [5, 5.41) is 11.4. The molecular formula is C9H15NO2. The first-order valence-corrected chi connectivity index (χ1v) is 4.35. The van der Waals surface area contributed by atoms with Gasteiger partial charge in [0.25, 0.3) is 0 Å². The number of rotatable bonds is 4. The normalized spacial score (nSPS) is 20.4. The van der Waals surface area contributed by atoms with Gasteiger partial charge in [0, 0.05) is 18.3 Å². The molecule has 1 fully saturated rings. The average Bonchev–Trinajstić information content (AvgIpc) is 1.81. The molecule has 0 bridgehead atoms. The molecule has 0 radical (unpaired) electrons. The van der Waals surface area contributed by atoms with Crippen molar-refractivity contribution >= 4 is 5.97 Å². The van der Waals surface area contributed by atoms with Gasteiger partial charge in [-0.3, -0.25) is 0 Å². The molecule has 0 aromatic rings. The number of hydrogen-bond donors (Lipinski definition) is 2. The van der Waals surface area contributed by atoms with Crippen LogP contribution in [0.15, 0.2) is 12.3 Å². The van der Waals surface area contributed by atoms with Crippen LogP contribution in [0.5, 0.6) is 0 Å². The summed E-state index contributed by atoms with van der Waals surface area (Å²) in [6.45, 7) is 2.09. The molecule has 1 unspecified atom stereocenters. The van der Waals surface area contributed by atoms with Crippen LogP contribution in [-0.2, 0) is 4.79 Å². The van der Waals surface area contributed by atoms with Crippen molar-refractivity contribution in [2.45, 2.75) is 32.2 Å². The van der Waals surface area contributed by atoms with Crippen LogP contribution in [0.3, 0.4) is 0 Å². The molecule has 3 heteroatoms. The van der Waals surface area contributed by atoms with E-state index in [1.807, 2.05) is 0 Å². The number of hydrogen-bond acceptors (Lipinski definition) is 2. The molecule has 1 atom stereocenters. The molecule has 1 rings (SSSR count). The quantitative estimate of drug-likeness (QED) is 0.625. The van der Waals surface area contributed by atoms with Crippen LogP contribution in [0, 0.1) is 5.92 Å². The van der Waals surface area contributed by atoms with E-state index in [0.717, 1.165) is 12.0 Å². The lowest BCUT2D eigenvalue weighted by Crippen LogP contribution is -2.34. The summed E-state index contributed by atoms with van der Waals surface area (Å²) in [7, 11) is 0. The fourth-order valence-electron chi connectivity index (χ4n) is 1.35. The number of carbonyl (C=O) groups is 1. The number of nitrogens with one attached hydrogen (secondary N) is 1. The third-order valence-corrected chi connectivity index (χ3v) is 2.44. The molecule has 0 spiro atoms. The highest BCUT2D eigenvalue weighted by Gasteiger charge is 2.22. The first-order valence-electron chi connectivity index (χ1n) is 4.35. The second kappa shape index (κ2) is 4.14. The monoisotopic (exact) mass is 169 g/mol. The van der Waals surface area contributed by atoms with Crippen molar-refractivity contribution in [1.82, 2.24) is 5.32 Å². The van der Waals surface area contributed by atoms with Crippen molar-refractivity contribution in [3.8, 4) is 0 Å². The first-order chi connectivity index (χ1) is 5.70. The number of aliphatic carboxylic acids is 1. The van der Waals surface area contributed by atoms with Gasteiger partial charge in [0.2, 0.25) is 0 Å². The Morgan fingerprint density at radius 1 is 1.67 bits per heavy atom. The van der Waals surface area contributed by atoms with Gasteiger partial charge in [0.05, 0.1) is 0 Å². The van der Waals surface area contributed by atoms with Gasteiger partial charge in [-0.25, -0.2) is 4.79 Å². The Morgan fingerprint density at radius 2 is 2.33 bits per heavy atom. The Kier molecular flexibility index (Phi) is 3.14. The molecule has 1 aliphatic carbocycles. The Bertz CT molecular complexity index is 185. The van der Waals surface area contributed by atoms with E-state index < -0.39 is 5.97 Å². The zero-order valence-corrected chi connectivity index (χ0v) is 7.29. The lowest BCUT2D eigenvalue weighted by atomic mass is 9.80. The summed E-state index contributed by atoms with van der Waals surface area (Å²) < 4.78 is 0. The van der Waals surface area contributed by atoms with Gasteiger partial charge in [-0.2, -0.15) is 0 Å². The fraction of sp³-hybridized carbons (Fsp3) is 0.667. The van der Waals surface area contributed by atoms with Gasteiger partial charge in [-0.05, 0) is 25.7 Å². The van der Waals surface area contributed by atoms with Gasteiger partial charge < -0.3 is 10.4 Å². The fourth-order valence-corrected chi connectivity index (χ4v) is 1.35. The van der Waals surface area contributed by atoms with Crippen LogP contribution in [0.25, 0.3) is 0 Å². The van der Waals surface area contributed by atoms with Gasteiger partial charge in [-0.15, -0.1) is 0 Å². The van der Waals surface area contributed by atoms with Gasteiger partial charge in [0.1, 0.15) is 0 Å². The lowest BCUT2D eigenvalue weighted by Gasteiger charge is -2.31. The second-order valence-corrected chi connectivity index (χ2v) is 3.32. The van der Waals surface area contributed by atoms with E-state index in [2.05, 4.69) is 12.2 Å². The molecule has 1 aliphatic rings. The summed E-state index contributed by atoms with van der Waals surface area (Å²) in [6, 6.07) is 0.411. The van der Waals surface area contributed by atoms with Crippen LogP contribution in [0.2, 0.25) is 0 Å². The Balaban J connectivity index is 2.17. The smallest absolute Gasteiger partial charge is 0.329 e. The van der Waals surface area contributed by atoms with Crippen LogP contribution in [0.1, 0.15) is 26.2 Å². The van der Waals surface area contributed by atoms with Crippen LogP contribution >= 0.6 is 0 Å². The zero-order chi connectivity index (χ0) is 8.97. The third-order valence-electron chi connectivity index (χ3n) is 2.44. The molecule has 0 amide bonds. The molecule has 1 saturated carbocycles. The van der Waals surface area contributed by atoms with E-state index in [4.69, 9.17) is 5.11 Å². The van der Waals surface area contributed by atoms with Crippen LogP contribution in [0.4, 0.5) is 0 Å². The molecular weight excluding hydrogens is 154 g/mol. The number of carboxylic acids is 1. The standard InChI is InChI=1S/C9H15NO2/c1-7(8-3-2-4-8)10-6-5-9(11)12/h5-8,10H,2-4H2,1H3,(H,11,12)/b6-5+. The van der Waals surface area contributed by atoms with Crippen molar-refractivity contribution in [2.24, 2.45) is 5.92 Å². The molecule has 2 N–H and O–H groups in total. The molecule has 3 nitrogen and oxygen atoms in total. The maximum Gasteiger partial charge on any atom is 0.329 e. The molecule has 0 saturated heterocycles. The molecule has 68 valence electrons. The minimum absolute atomic E-state index is 0.411. The minimum Gasteiger partial charge on any atom is -0.478 e. The van der Waals surface area contributed by atoms with Crippen LogP contribution in [-0.4, -0.2) is 17.1 Å². The molecule has 0 aromatic heterocycles. The molecule has 12 heavy (non-hydrogen) atoms. The third kappa shape index (κ3) is 2.57. The number of carboxylic acid groups (broad SMARTS) is 1. The summed E-state index contributed by atoms with van der Waals surface area (Å²) in [5.74, 6) is -0.160. The summed E-state index contributed by atoms with van der Waals surface area (Å²) in [4.78, 5) is 10.1. The SMILES string of the molecule is CC(N/C=C/C(=O)O)C1CCC1. The molecule has 0 aliphatic heterocycles. The van der Waals surface area contributed by atoms with Crippen molar-refractivity contribution < 1.29 is 9.90 Å². The van der Waals surface area contributed by atoms with E-state index in [-0.39, 0.29) is 0 Å². The highest BCUT2D eigenvalue weighted by atomic mass is 16.4. The van der Waals surface area contributed by atoms with E-state index in [1.54, 1.807) is 0 Å². The first kappa shape index (κ1) is 9.10. The van der Waals surface area contributed by atoms with Crippen molar-refractivity contribution in [3.05, 3.63) is 12.3 Å². The van der Waals surface area contributed by atoms with E-state index in [0.29, 0.717) is 6.04 Å². The molecule has 0 heterocycles. The van der Waals surface area contributed by atoms with Crippen LogP contribution < -0.4 is 5.32 Å². The second-order valence-electron chi connectivity index (χ2n) is 3.32. The lowest BCUT2D eigenvalue weighted by molar-refractivity contribution is -0.131. The summed E-state index contributed by atoms with van der Waals surface area (Å²) in [5.41, 5.74) is 0. The minimum atomic E-state index is -0.900. The van der Waals surface area contributed by atoms with E-state index in [1.165, 1.54) is 25.5 Å². The van der Waals surface area contributed by atoms with Gasteiger partial charge in [0.15, 0.2) is 0 Å².